The Hall–Kier alpha value is -0.340. The van der Waals surface area contributed by atoms with Crippen molar-refractivity contribution in [1.29, 1.82) is 0 Å². The minimum absolute atomic E-state index is 0.0139. The van der Waals surface area contributed by atoms with E-state index in [1.165, 1.54) is 0 Å². The van der Waals surface area contributed by atoms with Crippen LogP contribution in [0.1, 0.15) is 6.42 Å². The molecule has 0 amide bonds. The highest BCUT2D eigenvalue weighted by molar-refractivity contribution is 5.11. The van der Waals surface area contributed by atoms with Gasteiger partial charge in [-0.1, -0.05) is 12.2 Å². The van der Waals surface area contributed by atoms with E-state index >= 15 is 0 Å². The maximum atomic E-state index is 9.04. The lowest BCUT2D eigenvalue weighted by Crippen LogP contribution is -2.17. The van der Waals surface area contributed by atoms with Crippen molar-refractivity contribution in [1.82, 2.24) is 0 Å². The minimum atomic E-state index is -0.231. The van der Waals surface area contributed by atoms with Gasteiger partial charge in [-0.25, -0.2) is 0 Å². The Kier molecular flexibility index (Phi) is 0.754. The molecule has 0 radical (unpaired) electrons. The lowest BCUT2D eigenvalue weighted by atomic mass is 10.1. The molecule has 1 saturated heterocycles. The Morgan fingerprint density at radius 2 is 2.38 bits per heavy atom. The molecule has 2 nitrogen and oxygen atoms in total. The van der Waals surface area contributed by atoms with E-state index in [0.717, 1.165) is 6.42 Å². The Labute approximate surface area is 47.8 Å². The van der Waals surface area contributed by atoms with E-state index < -0.39 is 0 Å². The van der Waals surface area contributed by atoms with Gasteiger partial charge in [-0.05, 0) is 0 Å². The maximum absolute atomic E-state index is 9.04. The van der Waals surface area contributed by atoms with E-state index in [-0.39, 0.29) is 18.3 Å². The monoisotopic (exact) mass is 112 g/mol. The van der Waals surface area contributed by atoms with Gasteiger partial charge in [-0.3, -0.25) is 0 Å². The molecule has 3 atom stereocenters. The van der Waals surface area contributed by atoms with Crippen LogP contribution in [0.15, 0.2) is 12.2 Å². The summed E-state index contributed by atoms with van der Waals surface area (Å²) < 4.78 is 5.22. The van der Waals surface area contributed by atoms with E-state index in [1.54, 1.807) is 0 Å². The fraction of sp³-hybridized carbons (Fsp3) is 0.667. The lowest BCUT2D eigenvalue weighted by Gasteiger charge is -2.05. The third-order valence-corrected chi connectivity index (χ3v) is 1.70. The average Bonchev–Trinajstić information content (AvgIpc) is 2.23. The zero-order chi connectivity index (χ0) is 5.56. The predicted octanol–water partition coefficient (Wildman–Crippen LogP) is 0.0746. The fourth-order valence-corrected chi connectivity index (χ4v) is 1.25. The molecule has 0 spiro atoms. The molecule has 8 heavy (non-hydrogen) atoms. The number of aliphatic hydroxyl groups is 1. The minimum Gasteiger partial charge on any atom is -0.390 e. The van der Waals surface area contributed by atoms with Crippen molar-refractivity contribution in [2.24, 2.45) is 0 Å². The lowest BCUT2D eigenvalue weighted by molar-refractivity contribution is 0.0699. The van der Waals surface area contributed by atoms with E-state index in [4.69, 9.17) is 9.84 Å². The van der Waals surface area contributed by atoms with Crippen LogP contribution in [-0.4, -0.2) is 23.4 Å². The van der Waals surface area contributed by atoms with Gasteiger partial charge in [0.1, 0.15) is 6.10 Å². The van der Waals surface area contributed by atoms with Gasteiger partial charge in [0.15, 0.2) is 0 Å². The van der Waals surface area contributed by atoms with Crippen LogP contribution in [-0.2, 0) is 4.74 Å². The summed E-state index contributed by atoms with van der Waals surface area (Å²) in [6, 6.07) is 0. The summed E-state index contributed by atoms with van der Waals surface area (Å²) in [4.78, 5) is 0. The van der Waals surface area contributed by atoms with E-state index in [9.17, 15) is 0 Å². The van der Waals surface area contributed by atoms with Gasteiger partial charge in [0.05, 0.1) is 12.2 Å². The van der Waals surface area contributed by atoms with Crippen LogP contribution < -0.4 is 0 Å². The summed E-state index contributed by atoms with van der Waals surface area (Å²) >= 11 is 0. The van der Waals surface area contributed by atoms with Crippen LogP contribution >= 0.6 is 0 Å². The third kappa shape index (κ3) is 0.443. The van der Waals surface area contributed by atoms with Crippen LogP contribution in [0, 0.1) is 0 Å². The maximum Gasteiger partial charge on any atom is 0.102 e. The summed E-state index contributed by atoms with van der Waals surface area (Å²) in [6.07, 6.45) is 4.73. The molecule has 2 heteroatoms. The Bertz CT molecular complexity index is 130. The number of rotatable bonds is 0. The molecular formula is C6H8O2. The molecule has 0 aromatic carbocycles. The van der Waals surface area contributed by atoms with Gasteiger partial charge in [0.25, 0.3) is 0 Å². The summed E-state index contributed by atoms with van der Waals surface area (Å²) in [5.41, 5.74) is 0. The fourth-order valence-electron chi connectivity index (χ4n) is 1.25. The van der Waals surface area contributed by atoms with Crippen molar-refractivity contribution in [3.8, 4) is 0 Å². The number of hydrogen-bond donors (Lipinski definition) is 1. The first-order valence-corrected chi connectivity index (χ1v) is 2.88. The second-order valence-corrected chi connectivity index (χ2v) is 2.33. The second kappa shape index (κ2) is 1.33. The standard InChI is InChI=1S/C6H8O2/c7-5-3-4-1-2-6(5)8-4/h1-2,4-7H,3H2/t4-,5+,6+/m1/s1. The Morgan fingerprint density at radius 1 is 1.50 bits per heavy atom. The van der Waals surface area contributed by atoms with Gasteiger partial charge >= 0.3 is 0 Å². The smallest absolute Gasteiger partial charge is 0.102 e. The van der Waals surface area contributed by atoms with Crippen molar-refractivity contribution >= 4 is 0 Å². The number of hydrogen-bond acceptors (Lipinski definition) is 2. The molecule has 1 N–H and O–H groups in total. The average molecular weight is 112 g/mol. The summed E-state index contributed by atoms with van der Waals surface area (Å²) in [6.45, 7) is 0. The molecule has 2 rings (SSSR count). The number of ether oxygens (including phenoxy) is 1. The molecule has 0 aromatic heterocycles. The topological polar surface area (TPSA) is 29.5 Å². The quantitative estimate of drug-likeness (QED) is 0.449. The first kappa shape index (κ1) is 4.53. The Balaban J connectivity index is 2.23. The SMILES string of the molecule is O[C@H]1C[C@H]2C=C[C@@H]1O2. The van der Waals surface area contributed by atoms with Crippen LogP contribution in [0.4, 0.5) is 0 Å². The largest absolute Gasteiger partial charge is 0.390 e. The van der Waals surface area contributed by atoms with Crippen molar-refractivity contribution in [2.45, 2.75) is 24.7 Å². The third-order valence-electron chi connectivity index (χ3n) is 1.70. The van der Waals surface area contributed by atoms with Gasteiger partial charge in [-0.15, -0.1) is 0 Å². The van der Waals surface area contributed by atoms with Gasteiger partial charge < -0.3 is 9.84 Å². The first-order valence-electron chi connectivity index (χ1n) is 2.88. The first-order chi connectivity index (χ1) is 3.86. The molecule has 2 aliphatic rings. The highest BCUT2D eigenvalue weighted by Crippen LogP contribution is 2.27. The normalized spacial score (nSPS) is 50.9. The zero-order valence-electron chi connectivity index (χ0n) is 4.45. The molecule has 0 saturated carbocycles. The molecule has 2 aliphatic heterocycles. The van der Waals surface area contributed by atoms with Crippen LogP contribution in [0.5, 0.6) is 0 Å². The van der Waals surface area contributed by atoms with E-state index in [2.05, 4.69) is 0 Å². The molecule has 1 fully saturated rings. The number of aliphatic hydroxyl groups excluding tert-OH is 1. The summed E-state index contributed by atoms with van der Waals surface area (Å²) in [7, 11) is 0. The molecule has 44 valence electrons. The van der Waals surface area contributed by atoms with Crippen molar-refractivity contribution in [2.75, 3.05) is 0 Å². The highest BCUT2D eigenvalue weighted by Gasteiger charge is 2.34. The molecular weight excluding hydrogens is 104 g/mol. The molecule has 2 bridgehead atoms. The molecule has 0 aromatic rings. The van der Waals surface area contributed by atoms with Gasteiger partial charge in [0, 0.05) is 6.42 Å². The van der Waals surface area contributed by atoms with E-state index in [0.29, 0.717) is 0 Å². The van der Waals surface area contributed by atoms with Crippen molar-refractivity contribution in [3.63, 3.8) is 0 Å². The van der Waals surface area contributed by atoms with Gasteiger partial charge in [0.2, 0.25) is 0 Å². The molecule has 0 aliphatic carbocycles. The van der Waals surface area contributed by atoms with Crippen molar-refractivity contribution in [3.05, 3.63) is 12.2 Å². The zero-order valence-corrected chi connectivity index (χ0v) is 4.45. The van der Waals surface area contributed by atoms with E-state index in [1.807, 2.05) is 12.2 Å². The van der Waals surface area contributed by atoms with Crippen LogP contribution in [0.25, 0.3) is 0 Å². The second-order valence-electron chi connectivity index (χ2n) is 2.33. The van der Waals surface area contributed by atoms with Crippen LogP contribution in [0.2, 0.25) is 0 Å². The highest BCUT2D eigenvalue weighted by atomic mass is 16.5. The van der Waals surface area contributed by atoms with Gasteiger partial charge in [-0.2, -0.15) is 0 Å². The Morgan fingerprint density at radius 3 is 2.62 bits per heavy atom. The molecule has 2 heterocycles. The summed E-state index contributed by atoms with van der Waals surface area (Å²) in [5, 5.41) is 9.04. The summed E-state index contributed by atoms with van der Waals surface area (Å²) in [5.74, 6) is 0. The van der Waals surface area contributed by atoms with Crippen LogP contribution in [0.3, 0.4) is 0 Å². The van der Waals surface area contributed by atoms with Crippen molar-refractivity contribution < 1.29 is 9.84 Å². The molecule has 0 unspecified atom stereocenters. The predicted molar refractivity (Wildman–Crippen MR) is 28.4 cm³/mol. The number of fused-ring (bicyclic) bond motifs is 2.